The van der Waals surface area contributed by atoms with Gasteiger partial charge in [-0.25, -0.2) is 8.42 Å². The molecular weight excluding hydrogens is 288 g/mol. The second-order valence-electron chi connectivity index (χ2n) is 6.21. The minimum atomic E-state index is -3.51. The van der Waals surface area contributed by atoms with Crippen molar-refractivity contribution in [1.82, 2.24) is 4.31 Å². The van der Waals surface area contributed by atoms with Gasteiger partial charge in [-0.1, -0.05) is 12.1 Å². The number of fused-ring (bicyclic) bond motifs is 2. The molecule has 0 aromatic heterocycles. The fourth-order valence-corrected chi connectivity index (χ4v) is 5.52. The summed E-state index contributed by atoms with van der Waals surface area (Å²) in [4.78, 5) is 0.311. The third-order valence-electron chi connectivity index (χ3n) is 4.60. The summed E-state index contributed by atoms with van der Waals surface area (Å²) in [6.45, 7) is 1.84. The monoisotopic (exact) mass is 310 g/mol. The van der Waals surface area contributed by atoms with Gasteiger partial charge in [-0.05, 0) is 50.3 Å². The van der Waals surface area contributed by atoms with E-state index in [0.717, 1.165) is 18.4 Å². The first-order chi connectivity index (χ1) is 9.89. The van der Waals surface area contributed by atoms with Crippen LogP contribution in [0.5, 0.6) is 0 Å². The molecule has 5 nitrogen and oxygen atoms in total. The Balaban J connectivity index is 1.96. The van der Waals surface area contributed by atoms with E-state index in [0.29, 0.717) is 17.7 Å². The lowest BCUT2D eigenvalue weighted by molar-refractivity contribution is 0.0769. The van der Waals surface area contributed by atoms with Crippen molar-refractivity contribution < 1.29 is 13.5 Å². The quantitative estimate of drug-likeness (QED) is 0.883. The Labute approximate surface area is 125 Å². The molecule has 3 rings (SSSR count). The maximum atomic E-state index is 12.9. The molecule has 0 radical (unpaired) electrons. The van der Waals surface area contributed by atoms with Crippen LogP contribution in [0.3, 0.4) is 0 Å². The third kappa shape index (κ3) is 2.61. The average molecular weight is 310 g/mol. The van der Waals surface area contributed by atoms with E-state index < -0.39 is 10.0 Å². The molecule has 6 heteroatoms. The molecule has 3 unspecified atom stereocenters. The van der Waals surface area contributed by atoms with E-state index in [9.17, 15) is 13.5 Å². The van der Waals surface area contributed by atoms with E-state index >= 15 is 0 Å². The zero-order chi connectivity index (χ0) is 15.2. The van der Waals surface area contributed by atoms with E-state index in [1.165, 1.54) is 0 Å². The number of hydrogen-bond acceptors (Lipinski definition) is 4. The number of piperidine rings is 1. The van der Waals surface area contributed by atoms with Crippen LogP contribution in [-0.2, 0) is 10.0 Å². The van der Waals surface area contributed by atoms with Crippen LogP contribution >= 0.6 is 0 Å². The van der Waals surface area contributed by atoms with E-state index in [1.807, 2.05) is 13.0 Å². The molecule has 1 aromatic carbocycles. The van der Waals surface area contributed by atoms with Crippen molar-refractivity contribution in [3.63, 3.8) is 0 Å². The number of benzene rings is 1. The van der Waals surface area contributed by atoms with Gasteiger partial charge in [0.05, 0.1) is 11.0 Å². The number of aliphatic hydroxyl groups is 1. The molecule has 2 bridgehead atoms. The van der Waals surface area contributed by atoms with Gasteiger partial charge in [0.25, 0.3) is 0 Å². The zero-order valence-corrected chi connectivity index (χ0v) is 13.0. The Bertz CT molecular complexity index is 616. The standard InChI is InChI=1S/C15H22N2O3S/c1-10(16)11-3-2-4-15(7-11)21(19,20)17-12-5-6-13(17)9-14(18)8-12/h2-4,7,10,12-14,18H,5-6,8-9,16H2,1H3. The number of hydrogen-bond donors (Lipinski definition) is 2. The second kappa shape index (κ2) is 5.35. The average Bonchev–Trinajstić information content (AvgIpc) is 2.72. The second-order valence-corrected chi connectivity index (χ2v) is 8.05. The molecule has 2 heterocycles. The van der Waals surface area contributed by atoms with Crippen LogP contribution in [-0.4, -0.2) is 36.0 Å². The summed E-state index contributed by atoms with van der Waals surface area (Å²) in [5.74, 6) is 0. The van der Waals surface area contributed by atoms with Crippen molar-refractivity contribution in [2.24, 2.45) is 5.73 Å². The van der Waals surface area contributed by atoms with Crippen molar-refractivity contribution in [1.29, 1.82) is 0 Å². The summed E-state index contributed by atoms with van der Waals surface area (Å²) < 4.78 is 27.5. The highest BCUT2D eigenvalue weighted by molar-refractivity contribution is 7.89. The van der Waals surface area contributed by atoms with Gasteiger partial charge in [-0.15, -0.1) is 0 Å². The molecule has 21 heavy (non-hydrogen) atoms. The van der Waals surface area contributed by atoms with Gasteiger partial charge < -0.3 is 10.8 Å². The lowest BCUT2D eigenvalue weighted by Gasteiger charge is -2.36. The number of aliphatic hydroxyl groups excluding tert-OH is 1. The summed E-state index contributed by atoms with van der Waals surface area (Å²) in [6, 6.07) is 6.56. The molecule has 2 aliphatic heterocycles. The maximum absolute atomic E-state index is 12.9. The first-order valence-corrected chi connectivity index (χ1v) is 8.90. The largest absolute Gasteiger partial charge is 0.393 e. The molecule has 3 N–H and O–H groups in total. The molecule has 0 aliphatic carbocycles. The van der Waals surface area contributed by atoms with Crippen LogP contribution in [0.2, 0.25) is 0 Å². The Hall–Kier alpha value is -0.950. The SMILES string of the molecule is CC(N)c1cccc(S(=O)(=O)N2C3CCC2CC(O)C3)c1. The van der Waals surface area contributed by atoms with Crippen molar-refractivity contribution >= 4 is 10.0 Å². The van der Waals surface area contributed by atoms with Gasteiger partial charge in [0.1, 0.15) is 0 Å². The topological polar surface area (TPSA) is 83.6 Å². The third-order valence-corrected chi connectivity index (χ3v) is 6.60. The maximum Gasteiger partial charge on any atom is 0.243 e. The molecule has 2 saturated heterocycles. The molecule has 2 fully saturated rings. The molecule has 116 valence electrons. The number of sulfonamides is 1. The van der Waals surface area contributed by atoms with Crippen LogP contribution in [0.15, 0.2) is 29.2 Å². The first-order valence-electron chi connectivity index (χ1n) is 7.46. The summed E-state index contributed by atoms with van der Waals surface area (Å²) in [6.07, 6.45) is 2.40. The fourth-order valence-electron chi connectivity index (χ4n) is 3.58. The Morgan fingerprint density at radius 1 is 1.29 bits per heavy atom. The van der Waals surface area contributed by atoms with Gasteiger partial charge in [0, 0.05) is 18.1 Å². The molecule has 1 aromatic rings. The van der Waals surface area contributed by atoms with Crippen molar-refractivity contribution in [3.8, 4) is 0 Å². The fraction of sp³-hybridized carbons (Fsp3) is 0.600. The smallest absolute Gasteiger partial charge is 0.243 e. The molecule has 0 saturated carbocycles. The predicted molar refractivity (Wildman–Crippen MR) is 80.1 cm³/mol. The van der Waals surface area contributed by atoms with Crippen molar-refractivity contribution in [2.75, 3.05) is 0 Å². The summed E-state index contributed by atoms with van der Waals surface area (Å²) in [5.41, 5.74) is 6.67. The Morgan fingerprint density at radius 3 is 2.48 bits per heavy atom. The predicted octanol–water partition coefficient (Wildman–Crippen LogP) is 1.38. The van der Waals surface area contributed by atoms with Crippen molar-refractivity contribution in [2.45, 2.75) is 61.7 Å². The lowest BCUT2D eigenvalue weighted by atomic mass is 10.0. The van der Waals surface area contributed by atoms with Crippen LogP contribution in [0.4, 0.5) is 0 Å². The van der Waals surface area contributed by atoms with Gasteiger partial charge in [0.15, 0.2) is 0 Å². The minimum Gasteiger partial charge on any atom is -0.393 e. The van der Waals surface area contributed by atoms with Crippen molar-refractivity contribution in [3.05, 3.63) is 29.8 Å². The van der Waals surface area contributed by atoms with Gasteiger partial charge in [-0.2, -0.15) is 4.31 Å². The van der Waals surface area contributed by atoms with Crippen LogP contribution in [0.25, 0.3) is 0 Å². The molecule has 0 amide bonds. The van der Waals surface area contributed by atoms with Crippen LogP contribution < -0.4 is 5.73 Å². The summed E-state index contributed by atoms with van der Waals surface area (Å²) in [5, 5.41) is 9.82. The number of nitrogens with zero attached hydrogens (tertiary/aromatic N) is 1. The van der Waals surface area contributed by atoms with Gasteiger partial charge in [-0.3, -0.25) is 0 Å². The normalized spacial score (nSPS) is 31.3. The Morgan fingerprint density at radius 2 is 1.90 bits per heavy atom. The lowest BCUT2D eigenvalue weighted by Crippen LogP contribution is -2.47. The summed E-state index contributed by atoms with van der Waals surface area (Å²) in [7, 11) is -3.51. The van der Waals surface area contributed by atoms with E-state index in [-0.39, 0.29) is 24.2 Å². The molecule has 2 aliphatic rings. The van der Waals surface area contributed by atoms with E-state index in [1.54, 1.807) is 22.5 Å². The molecule has 0 spiro atoms. The number of rotatable bonds is 3. The van der Waals surface area contributed by atoms with Crippen LogP contribution in [0, 0.1) is 0 Å². The summed E-state index contributed by atoms with van der Waals surface area (Å²) >= 11 is 0. The van der Waals surface area contributed by atoms with E-state index in [2.05, 4.69) is 0 Å². The first kappa shape index (κ1) is 15.0. The molecule has 3 atom stereocenters. The van der Waals surface area contributed by atoms with Crippen LogP contribution in [0.1, 0.15) is 44.2 Å². The molecular formula is C15H22N2O3S. The zero-order valence-electron chi connectivity index (χ0n) is 12.1. The number of nitrogens with two attached hydrogens (primary N) is 1. The van der Waals surface area contributed by atoms with Gasteiger partial charge in [0.2, 0.25) is 10.0 Å². The van der Waals surface area contributed by atoms with E-state index in [4.69, 9.17) is 5.73 Å². The minimum absolute atomic E-state index is 0.0669. The Kier molecular flexibility index (Phi) is 3.81. The van der Waals surface area contributed by atoms with Gasteiger partial charge >= 0.3 is 0 Å². The highest BCUT2D eigenvalue weighted by Gasteiger charge is 2.46. The highest BCUT2D eigenvalue weighted by Crippen LogP contribution is 2.39. The highest BCUT2D eigenvalue weighted by atomic mass is 32.2.